The molecule has 4 nitrogen and oxygen atoms in total. The predicted molar refractivity (Wildman–Crippen MR) is 74.5 cm³/mol. The van der Waals surface area contributed by atoms with E-state index in [2.05, 4.69) is 6.92 Å². The van der Waals surface area contributed by atoms with E-state index in [0.29, 0.717) is 13.2 Å². The van der Waals surface area contributed by atoms with Crippen molar-refractivity contribution in [2.75, 3.05) is 33.5 Å². The fourth-order valence-corrected chi connectivity index (χ4v) is 1.58. The molecule has 0 aliphatic rings. The van der Waals surface area contributed by atoms with E-state index in [1.54, 1.807) is 7.11 Å². The molecule has 0 bridgehead atoms. The zero-order valence-electron chi connectivity index (χ0n) is 11.8. The van der Waals surface area contributed by atoms with Gasteiger partial charge in [-0.2, -0.15) is 0 Å². The number of hydrogen-bond donors (Lipinski definition) is 1. The summed E-state index contributed by atoms with van der Waals surface area (Å²) in [6.07, 6.45) is 1.60. The minimum Gasteiger partial charge on any atom is -0.497 e. The second-order valence-corrected chi connectivity index (χ2v) is 4.33. The fourth-order valence-electron chi connectivity index (χ4n) is 1.58. The Morgan fingerprint density at radius 3 is 2.37 bits per heavy atom. The normalized spacial score (nSPS) is 12.4. The van der Waals surface area contributed by atoms with Crippen LogP contribution in [0.3, 0.4) is 0 Å². The Kier molecular flexibility index (Phi) is 8.21. The Morgan fingerprint density at radius 1 is 1.05 bits per heavy atom. The van der Waals surface area contributed by atoms with Crippen LogP contribution >= 0.6 is 0 Å². The maximum Gasteiger partial charge on any atom is 0.118 e. The van der Waals surface area contributed by atoms with E-state index in [1.165, 1.54) is 0 Å². The molecule has 0 aromatic heterocycles. The summed E-state index contributed by atoms with van der Waals surface area (Å²) in [7, 11) is 1.62. The van der Waals surface area contributed by atoms with Gasteiger partial charge in [-0.25, -0.2) is 0 Å². The minimum absolute atomic E-state index is 0.281. The van der Waals surface area contributed by atoms with Crippen LogP contribution in [0.5, 0.6) is 5.75 Å². The van der Waals surface area contributed by atoms with Crippen molar-refractivity contribution in [1.29, 1.82) is 0 Å². The third-order valence-corrected chi connectivity index (χ3v) is 2.79. The average molecular weight is 268 g/mol. The van der Waals surface area contributed by atoms with Gasteiger partial charge >= 0.3 is 0 Å². The molecule has 0 fully saturated rings. The highest BCUT2D eigenvalue weighted by Crippen LogP contribution is 2.17. The van der Waals surface area contributed by atoms with Gasteiger partial charge < -0.3 is 19.3 Å². The van der Waals surface area contributed by atoms with Gasteiger partial charge in [-0.15, -0.1) is 0 Å². The topological polar surface area (TPSA) is 47.9 Å². The number of methoxy groups -OCH3 is 1. The zero-order chi connectivity index (χ0) is 13.9. The summed E-state index contributed by atoms with van der Waals surface area (Å²) in [5.41, 5.74) is 0.827. The highest BCUT2D eigenvalue weighted by molar-refractivity contribution is 5.28. The first-order valence-corrected chi connectivity index (χ1v) is 6.75. The monoisotopic (exact) mass is 268 g/mol. The molecule has 1 aromatic rings. The summed E-state index contributed by atoms with van der Waals surface area (Å²) >= 11 is 0. The number of unbranched alkanes of at least 4 members (excludes halogenated alkanes) is 1. The Bertz CT molecular complexity index is 323. The smallest absolute Gasteiger partial charge is 0.118 e. The number of aliphatic hydroxyl groups excluding tert-OH is 1. The molecule has 4 heteroatoms. The van der Waals surface area contributed by atoms with Gasteiger partial charge in [0.15, 0.2) is 0 Å². The van der Waals surface area contributed by atoms with Crippen molar-refractivity contribution in [3.63, 3.8) is 0 Å². The molecule has 0 aliphatic carbocycles. The van der Waals surface area contributed by atoms with Gasteiger partial charge in [-0.1, -0.05) is 25.5 Å². The van der Waals surface area contributed by atoms with E-state index < -0.39 is 6.10 Å². The van der Waals surface area contributed by atoms with Crippen LogP contribution in [-0.2, 0) is 9.47 Å². The van der Waals surface area contributed by atoms with Crippen LogP contribution in [0.2, 0.25) is 0 Å². The van der Waals surface area contributed by atoms with Crippen LogP contribution in [-0.4, -0.2) is 38.6 Å². The summed E-state index contributed by atoms with van der Waals surface area (Å²) in [6.45, 7) is 4.28. The molecule has 19 heavy (non-hydrogen) atoms. The lowest BCUT2D eigenvalue weighted by atomic mass is 10.1. The number of ether oxygens (including phenoxy) is 3. The second-order valence-electron chi connectivity index (χ2n) is 4.33. The molecule has 1 aromatic carbocycles. The predicted octanol–water partition coefficient (Wildman–Crippen LogP) is 2.56. The van der Waals surface area contributed by atoms with E-state index in [1.807, 2.05) is 24.3 Å². The molecular weight excluding hydrogens is 244 g/mol. The van der Waals surface area contributed by atoms with Gasteiger partial charge in [-0.05, 0) is 24.1 Å². The summed E-state index contributed by atoms with van der Waals surface area (Å²) < 4.78 is 15.8. The first kappa shape index (κ1) is 16.0. The SMILES string of the molecule is CCCCOCCOCC(O)c1ccc(OC)cc1. The summed E-state index contributed by atoms with van der Waals surface area (Å²) in [6, 6.07) is 7.33. The van der Waals surface area contributed by atoms with Gasteiger partial charge in [0.1, 0.15) is 11.9 Å². The Labute approximate surface area is 115 Å². The average Bonchev–Trinajstić information content (AvgIpc) is 2.46. The van der Waals surface area contributed by atoms with Gasteiger partial charge in [0, 0.05) is 6.61 Å². The molecule has 0 amide bonds. The summed E-state index contributed by atoms with van der Waals surface area (Å²) in [4.78, 5) is 0. The molecule has 1 rings (SSSR count). The van der Waals surface area contributed by atoms with E-state index in [9.17, 15) is 5.11 Å². The molecule has 0 aliphatic heterocycles. The van der Waals surface area contributed by atoms with Crippen molar-refractivity contribution in [3.8, 4) is 5.75 Å². The van der Waals surface area contributed by atoms with Gasteiger partial charge in [-0.3, -0.25) is 0 Å². The highest BCUT2D eigenvalue weighted by atomic mass is 16.5. The molecule has 0 saturated carbocycles. The standard InChI is InChI=1S/C15H24O4/c1-3-4-9-18-10-11-19-12-15(16)13-5-7-14(17-2)8-6-13/h5-8,15-16H,3-4,9-12H2,1-2H3. The molecule has 0 radical (unpaired) electrons. The minimum atomic E-state index is -0.610. The largest absolute Gasteiger partial charge is 0.497 e. The molecule has 1 unspecified atom stereocenters. The lowest BCUT2D eigenvalue weighted by Gasteiger charge is -2.12. The van der Waals surface area contributed by atoms with Crippen molar-refractivity contribution < 1.29 is 19.3 Å². The molecule has 108 valence electrons. The summed E-state index contributed by atoms with van der Waals surface area (Å²) in [5.74, 6) is 0.779. The quantitative estimate of drug-likeness (QED) is 0.663. The maximum absolute atomic E-state index is 9.92. The van der Waals surface area contributed by atoms with Crippen molar-refractivity contribution in [2.45, 2.75) is 25.9 Å². The Hall–Kier alpha value is -1.10. The third-order valence-electron chi connectivity index (χ3n) is 2.79. The van der Waals surface area contributed by atoms with E-state index in [4.69, 9.17) is 14.2 Å². The Morgan fingerprint density at radius 2 is 1.74 bits per heavy atom. The maximum atomic E-state index is 9.92. The molecule has 0 heterocycles. The second kappa shape index (κ2) is 9.78. The van der Waals surface area contributed by atoms with E-state index in [-0.39, 0.29) is 6.61 Å². The zero-order valence-corrected chi connectivity index (χ0v) is 11.8. The van der Waals surface area contributed by atoms with Crippen molar-refractivity contribution in [1.82, 2.24) is 0 Å². The van der Waals surface area contributed by atoms with Gasteiger partial charge in [0.2, 0.25) is 0 Å². The molecule has 1 atom stereocenters. The van der Waals surface area contributed by atoms with E-state index in [0.717, 1.165) is 30.8 Å². The molecular formula is C15H24O4. The highest BCUT2D eigenvalue weighted by Gasteiger charge is 2.07. The Balaban J connectivity index is 2.14. The first-order valence-electron chi connectivity index (χ1n) is 6.75. The van der Waals surface area contributed by atoms with Crippen LogP contribution in [0.25, 0.3) is 0 Å². The molecule has 0 saturated heterocycles. The van der Waals surface area contributed by atoms with Crippen LogP contribution in [0.1, 0.15) is 31.4 Å². The van der Waals surface area contributed by atoms with Gasteiger partial charge in [0.05, 0.1) is 26.9 Å². The first-order chi connectivity index (χ1) is 9.27. The lowest BCUT2D eigenvalue weighted by Crippen LogP contribution is -2.11. The molecule has 1 N–H and O–H groups in total. The number of hydrogen-bond acceptors (Lipinski definition) is 4. The van der Waals surface area contributed by atoms with Crippen LogP contribution in [0.4, 0.5) is 0 Å². The third kappa shape index (κ3) is 6.57. The number of rotatable bonds is 10. The summed E-state index contributed by atoms with van der Waals surface area (Å²) in [5, 5.41) is 9.92. The van der Waals surface area contributed by atoms with Crippen LogP contribution in [0, 0.1) is 0 Å². The fraction of sp³-hybridized carbons (Fsp3) is 0.600. The van der Waals surface area contributed by atoms with Gasteiger partial charge in [0.25, 0.3) is 0 Å². The van der Waals surface area contributed by atoms with E-state index >= 15 is 0 Å². The van der Waals surface area contributed by atoms with Crippen molar-refractivity contribution in [2.24, 2.45) is 0 Å². The van der Waals surface area contributed by atoms with Crippen molar-refractivity contribution in [3.05, 3.63) is 29.8 Å². The number of aliphatic hydroxyl groups is 1. The van der Waals surface area contributed by atoms with Crippen molar-refractivity contribution >= 4 is 0 Å². The number of benzene rings is 1. The van der Waals surface area contributed by atoms with Crippen LogP contribution < -0.4 is 4.74 Å². The van der Waals surface area contributed by atoms with Crippen LogP contribution in [0.15, 0.2) is 24.3 Å². The lowest BCUT2D eigenvalue weighted by molar-refractivity contribution is 0.00274. The molecule has 0 spiro atoms.